The summed E-state index contributed by atoms with van der Waals surface area (Å²) in [6.45, 7) is 6.11. The summed E-state index contributed by atoms with van der Waals surface area (Å²) in [5, 5.41) is 8.61. The van der Waals surface area contributed by atoms with Crippen molar-refractivity contribution in [3.8, 4) is 5.75 Å². The lowest BCUT2D eigenvalue weighted by molar-refractivity contribution is -0.114. The largest absolute Gasteiger partial charge is 0.495 e. The fourth-order valence-electron chi connectivity index (χ4n) is 2.87. The van der Waals surface area contributed by atoms with E-state index in [-0.39, 0.29) is 11.9 Å². The van der Waals surface area contributed by atoms with Gasteiger partial charge in [-0.15, -0.1) is 11.3 Å². The number of aromatic nitrogens is 1. The van der Waals surface area contributed by atoms with Crippen molar-refractivity contribution in [1.82, 2.24) is 9.88 Å². The third-order valence-corrected chi connectivity index (χ3v) is 5.23. The maximum absolute atomic E-state index is 12.7. The van der Waals surface area contributed by atoms with Crippen LogP contribution in [-0.2, 0) is 4.79 Å². The molecule has 3 amide bonds. The Morgan fingerprint density at radius 3 is 2.52 bits per heavy atom. The highest BCUT2D eigenvalue weighted by atomic mass is 32.1. The number of hydrogen-bond donors (Lipinski definition) is 2. The number of urea groups is 1. The summed E-state index contributed by atoms with van der Waals surface area (Å²) in [6.07, 6.45) is 0. The van der Waals surface area contributed by atoms with Crippen LogP contribution in [0.15, 0.2) is 23.6 Å². The van der Waals surface area contributed by atoms with E-state index >= 15 is 0 Å². The average Bonchev–Trinajstić information content (AvgIpc) is 3.08. The van der Waals surface area contributed by atoms with Crippen LogP contribution < -0.4 is 20.3 Å². The minimum absolute atomic E-state index is 0.175. The number of hydrogen-bond acceptors (Lipinski definition) is 6. The Bertz CT molecular complexity index is 830. The van der Waals surface area contributed by atoms with Crippen LogP contribution in [0.4, 0.5) is 21.3 Å². The molecule has 1 saturated heterocycles. The van der Waals surface area contributed by atoms with Gasteiger partial charge in [-0.1, -0.05) is 0 Å². The Kier molecular flexibility index (Phi) is 5.80. The molecule has 0 saturated carbocycles. The van der Waals surface area contributed by atoms with Gasteiger partial charge in [0.2, 0.25) is 5.91 Å². The first kappa shape index (κ1) is 19.0. The molecule has 2 heterocycles. The van der Waals surface area contributed by atoms with Gasteiger partial charge in [-0.2, -0.15) is 0 Å². The first-order valence-corrected chi connectivity index (χ1v) is 9.53. The van der Waals surface area contributed by atoms with Crippen LogP contribution >= 0.6 is 11.3 Å². The number of amides is 3. The molecule has 0 atom stereocenters. The number of aryl methyl sites for hydroxylation is 1. The van der Waals surface area contributed by atoms with E-state index in [4.69, 9.17) is 4.74 Å². The van der Waals surface area contributed by atoms with E-state index in [0.29, 0.717) is 30.2 Å². The van der Waals surface area contributed by atoms with Crippen LogP contribution in [0.3, 0.4) is 0 Å². The molecule has 1 aliphatic rings. The van der Waals surface area contributed by atoms with Crippen molar-refractivity contribution in [2.24, 2.45) is 0 Å². The van der Waals surface area contributed by atoms with E-state index in [0.717, 1.165) is 23.9 Å². The second kappa shape index (κ2) is 8.26. The molecular weight excluding hydrogens is 366 g/mol. The molecule has 27 heavy (non-hydrogen) atoms. The molecule has 9 heteroatoms. The number of methoxy groups -OCH3 is 1. The van der Waals surface area contributed by atoms with Crippen LogP contribution in [0.1, 0.15) is 12.6 Å². The number of carbonyl (C=O) groups excluding carboxylic acids is 2. The molecule has 2 aromatic rings. The number of carbonyl (C=O) groups is 2. The second-order valence-corrected chi connectivity index (χ2v) is 7.11. The Balaban J connectivity index is 1.63. The van der Waals surface area contributed by atoms with Gasteiger partial charge in [0.15, 0.2) is 5.13 Å². The number of ether oxygens (including phenoxy) is 1. The fourth-order valence-corrected chi connectivity index (χ4v) is 3.73. The lowest BCUT2D eigenvalue weighted by atomic mass is 10.2. The van der Waals surface area contributed by atoms with Gasteiger partial charge in [0.05, 0.1) is 18.5 Å². The molecule has 0 radical (unpaired) electrons. The summed E-state index contributed by atoms with van der Waals surface area (Å²) in [5.74, 6) is 0.361. The van der Waals surface area contributed by atoms with Gasteiger partial charge in [-0.25, -0.2) is 9.78 Å². The third-order valence-electron chi connectivity index (χ3n) is 4.21. The summed E-state index contributed by atoms with van der Waals surface area (Å²) in [4.78, 5) is 32.4. The number of piperazine rings is 1. The molecule has 2 N–H and O–H groups in total. The van der Waals surface area contributed by atoms with E-state index in [1.54, 1.807) is 34.4 Å². The number of rotatable bonds is 4. The van der Waals surface area contributed by atoms with E-state index in [1.807, 2.05) is 12.3 Å². The molecule has 0 spiro atoms. The maximum atomic E-state index is 12.7. The highest BCUT2D eigenvalue weighted by Gasteiger charge is 2.23. The lowest BCUT2D eigenvalue weighted by Gasteiger charge is -2.34. The Morgan fingerprint density at radius 2 is 1.93 bits per heavy atom. The molecule has 0 aliphatic carbocycles. The van der Waals surface area contributed by atoms with Gasteiger partial charge < -0.3 is 25.2 Å². The van der Waals surface area contributed by atoms with Crippen molar-refractivity contribution < 1.29 is 14.3 Å². The molecule has 1 aromatic carbocycles. The minimum atomic E-state index is -0.191. The smallest absolute Gasteiger partial charge is 0.322 e. The van der Waals surface area contributed by atoms with Crippen molar-refractivity contribution in [2.45, 2.75) is 13.8 Å². The predicted molar refractivity (Wildman–Crippen MR) is 107 cm³/mol. The molecule has 0 unspecified atom stereocenters. The van der Waals surface area contributed by atoms with Gasteiger partial charge >= 0.3 is 6.03 Å². The summed E-state index contributed by atoms with van der Waals surface area (Å²) in [6, 6.07) is 4.93. The van der Waals surface area contributed by atoms with Crippen LogP contribution in [-0.4, -0.2) is 55.1 Å². The zero-order valence-electron chi connectivity index (χ0n) is 15.6. The number of benzene rings is 1. The SMILES string of the molecule is COc1ccc(NC(C)=O)cc1NC(=O)N1CCN(c2nc(C)cs2)CC1. The number of nitrogens with one attached hydrogen (secondary N) is 2. The summed E-state index contributed by atoms with van der Waals surface area (Å²) in [7, 11) is 1.54. The Hall–Kier alpha value is -2.81. The van der Waals surface area contributed by atoms with Crippen molar-refractivity contribution in [1.29, 1.82) is 0 Å². The van der Waals surface area contributed by atoms with Crippen LogP contribution in [0.2, 0.25) is 0 Å². The van der Waals surface area contributed by atoms with E-state index in [2.05, 4.69) is 20.5 Å². The van der Waals surface area contributed by atoms with E-state index < -0.39 is 0 Å². The first-order chi connectivity index (χ1) is 13.0. The maximum Gasteiger partial charge on any atom is 0.322 e. The molecule has 1 aromatic heterocycles. The van der Waals surface area contributed by atoms with Crippen LogP contribution in [0.25, 0.3) is 0 Å². The van der Waals surface area contributed by atoms with E-state index in [1.165, 1.54) is 14.0 Å². The molecule has 1 fully saturated rings. The van der Waals surface area contributed by atoms with Gasteiger partial charge in [-0.05, 0) is 25.1 Å². The molecule has 0 bridgehead atoms. The number of anilines is 3. The molecular formula is C18H23N5O3S. The van der Waals surface area contributed by atoms with Gasteiger partial charge in [0.25, 0.3) is 0 Å². The fraction of sp³-hybridized carbons (Fsp3) is 0.389. The highest BCUT2D eigenvalue weighted by Crippen LogP contribution is 2.28. The predicted octanol–water partition coefficient (Wildman–Crippen LogP) is 2.77. The van der Waals surface area contributed by atoms with Gasteiger partial charge in [0.1, 0.15) is 5.75 Å². The Morgan fingerprint density at radius 1 is 1.19 bits per heavy atom. The van der Waals surface area contributed by atoms with Gasteiger partial charge in [0, 0.05) is 44.2 Å². The van der Waals surface area contributed by atoms with Crippen LogP contribution in [0, 0.1) is 6.92 Å². The first-order valence-electron chi connectivity index (χ1n) is 8.65. The van der Waals surface area contributed by atoms with Crippen molar-refractivity contribution >= 4 is 39.8 Å². The minimum Gasteiger partial charge on any atom is -0.495 e. The monoisotopic (exact) mass is 389 g/mol. The molecule has 8 nitrogen and oxygen atoms in total. The van der Waals surface area contributed by atoms with Crippen molar-refractivity contribution in [2.75, 3.05) is 48.8 Å². The van der Waals surface area contributed by atoms with Crippen molar-refractivity contribution in [3.05, 3.63) is 29.3 Å². The molecule has 1 aliphatic heterocycles. The lowest BCUT2D eigenvalue weighted by Crippen LogP contribution is -2.50. The van der Waals surface area contributed by atoms with Crippen LogP contribution in [0.5, 0.6) is 5.75 Å². The summed E-state index contributed by atoms with van der Waals surface area (Å²) < 4.78 is 5.31. The molecule has 3 rings (SSSR count). The average molecular weight is 389 g/mol. The normalized spacial score (nSPS) is 14.0. The Labute approximate surface area is 162 Å². The summed E-state index contributed by atoms with van der Waals surface area (Å²) in [5.41, 5.74) is 2.13. The zero-order valence-corrected chi connectivity index (χ0v) is 16.4. The zero-order chi connectivity index (χ0) is 19.4. The molecule has 144 valence electrons. The van der Waals surface area contributed by atoms with E-state index in [9.17, 15) is 9.59 Å². The van der Waals surface area contributed by atoms with Crippen molar-refractivity contribution in [3.63, 3.8) is 0 Å². The highest BCUT2D eigenvalue weighted by molar-refractivity contribution is 7.13. The second-order valence-electron chi connectivity index (χ2n) is 6.27. The third kappa shape index (κ3) is 4.68. The number of thiazole rings is 1. The topological polar surface area (TPSA) is 86.8 Å². The van der Waals surface area contributed by atoms with Gasteiger partial charge in [-0.3, -0.25) is 4.79 Å². The standard InChI is InChI=1S/C18H23N5O3S/c1-12-11-27-18(19-12)23-8-6-22(7-9-23)17(25)21-15-10-14(20-13(2)24)4-5-16(15)26-3/h4-5,10-11H,6-9H2,1-3H3,(H,20,24)(H,21,25). The quantitative estimate of drug-likeness (QED) is 0.840. The summed E-state index contributed by atoms with van der Waals surface area (Å²) >= 11 is 1.62. The number of nitrogens with zero attached hydrogens (tertiary/aromatic N) is 3.